The van der Waals surface area contributed by atoms with E-state index in [1.165, 1.54) is 11.9 Å². The van der Waals surface area contributed by atoms with Gasteiger partial charge in [-0.3, -0.25) is 4.90 Å². The topological polar surface area (TPSA) is 67.6 Å². The van der Waals surface area contributed by atoms with Crippen molar-refractivity contribution in [1.29, 1.82) is 0 Å². The quantitative estimate of drug-likeness (QED) is 0.536. The minimum atomic E-state index is 0.106. The Kier molecular flexibility index (Phi) is 5.37. The van der Waals surface area contributed by atoms with E-state index in [0.29, 0.717) is 12.3 Å². The van der Waals surface area contributed by atoms with E-state index in [1.807, 2.05) is 36.4 Å². The van der Waals surface area contributed by atoms with Gasteiger partial charge in [-0.25, -0.2) is 4.98 Å². The van der Waals surface area contributed by atoms with E-state index in [1.54, 1.807) is 4.52 Å². The molecule has 1 fully saturated rings. The molecule has 1 N–H and O–H groups in total. The van der Waals surface area contributed by atoms with Crippen molar-refractivity contribution in [3.8, 4) is 11.3 Å². The van der Waals surface area contributed by atoms with Crippen molar-refractivity contribution < 1.29 is 4.74 Å². The maximum Gasteiger partial charge on any atom is 0.254 e. The second kappa shape index (κ2) is 8.61. The fraction of sp³-hybridized carbons (Fsp3) is 0.261. The molecule has 1 unspecified atom stereocenters. The summed E-state index contributed by atoms with van der Waals surface area (Å²) in [6, 6.07) is 22.7. The van der Waals surface area contributed by atoms with Crippen LogP contribution < -0.4 is 5.32 Å². The molecule has 0 radical (unpaired) electrons. The molecule has 0 saturated carbocycles. The standard InChI is InChI=1S/C23H24N6O/c1-3-7-18(8-4-1)15-28-11-12-30-20(16-28)14-24-22-13-21(19-9-5-2-6-10-19)27-23-25-17-26-29(22)23/h1-10,13,17,20,24H,11-12,14-16H2. The van der Waals surface area contributed by atoms with Gasteiger partial charge < -0.3 is 10.1 Å². The highest BCUT2D eigenvalue weighted by Gasteiger charge is 2.21. The van der Waals surface area contributed by atoms with E-state index >= 15 is 0 Å². The van der Waals surface area contributed by atoms with Gasteiger partial charge in [-0.15, -0.1) is 0 Å². The molecule has 2 aromatic heterocycles. The first kappa shape index (κ1) is 18.7. The van der Waals surface area contributed by atoms with Crippen molar-refractivity contribution in [2.75, 3.05) is 31.6 Å². The first-order valence-corrected chi connectivity index (χ1v) is 10.2. The van der Waals surface area contributed by atoms with Gasteiger partial charge in [0.1, 0.15) is 12.1 Å². The van der Waals surface area contributed by atoms with Gasteiger partial charge in [-0.2, -0.15) is 14.6 Å². The molecule has 3 heterocycles. The zero-order valence-corrected chi connectivity index (χ0v) is 16.7. The fourth-order valence-corrected chi connectivity index (χ4v) is 3.80. The van der Waals surface area contributed by atoms with Crippen molar-refractivity contribution in [2.45, 2.75) is 12.6 Å². The molecule has 1 saturated heterocycles. The predicted octanol–water partition coefficient (Wildman–Crippen LogP) is 3.10. The average Bonchev–Trinajstić information content (AvgIpc) is 3.28. The number of nitrogens with zero attached hydrogens (tertiary/aromatic N) is 5. The van der Waals surface area contributed by atoms with Gasteiger partial charge in [-0.1, -0.05) is 60.7 Å². The van der Waals surface area contributed by atoms with E-state index < -0.39 is 0 Å². The molecule has 0 bridgehead atoms. The number of ether oxygens (including phenoxy) is 1. The molecule has 1 atom stereocenters. The summed E-state index contributed by atoms with van der Waals surface area (Å²) in [6.45, 7) is 4.22. The molecule has 7 heteroatoms. The summed E-state index contributed by atoms with van der Waals surface area (Å²) in [5, 5.41) is 7.82. The Morgan fingerprint density at radius 1 is 1.03 bits per heavy atom. The lowest BCUT2D eigenvalue weighted by Gasteiger charge is -2.33. The van der Waals surface area contributed by atoms with Crippen LogP contribution in [0.3, 0.4) is 0 Å². The number of nitrogens with one attached hydrogen (secondary N) is 1. The van der Waals surface area contributed by atoms with Crippen LogP contribution in [-0.4, -0.2) is 56.8 Å². The van der Waals surface area contributed by atoms with Gasteiger partial charge >= 0.3 is 0 Å². The Morgan fingerprint density at radius 2 is 1.83 bits per heavy atom. The van der Waals surface area contributed by atoms with Crippen LogP contribution in [-0.2, 0) is 11.3 Å². The van der Waals surface area contributed by atoms with Crippen molar-refractivity contribution in [1.82, 2.24) is 24.5 Å². The molecule has 0 amide bonds. The first-order chi connectivity index (χ1) is 14.8. The smallest absolute Gasteiger partial charge is 0.254 e. The van der Waals surface area contributed by atoms with Crippen molar-refractivity contribution in [3.05, 3.63) is 78.6 Å². The molecule has 4 aromatic rings. The second-order valence-corrected chi connectivity index (χ2v) is 7.46. The second-order valence-electron chi connectivity index (χ2n) is 7.46. The van der Waals surface area contributed by atoms with E-state index in [0.717, 1.165) is 43.3 Å². The summed E-state index contributed by atoms with van der Waals surface area (Å²) in [5.74, 6) is 1.44. The molecule has 2 aromatic carbocycles. The highest BCUT2D eigenvalue weighted by molar-refractivity contribution is 5.65. The molecule has 152 valence electrons. The van der Waals surface area contributed by atoms with E-state index in [4.69, 9.17) is 4.74 Å². The number of morpholine rings is 1. The number of benzene rings is 2. The Bertz CT molecular complexity index is 1100. The van der Waals surface area contributed by atoms with Crippen molar-refractivity contribution in [2.24, 2.45) is 0 Å². The summed E-state index contributed by atoms with van der Waals surface area (Å²) in [5.41, 5.74) is 3.25. The van der Waals surface area contributed by atoms with Crippen LogP contribution >= 0.6 is 0 Å². The zero-order valence-electron chi connectivity index (χ0n) is 16.7. The highest BCUT2D eigenvalue weighted by atomic mass is 16.5. The number of fused-ring (bicyclic) bond motifs is 1. The van der Waals surface area contributed by atoms with Crippen LogP contribution in [0.2, 0.25) is 0 Å². The Labute approximate surface area is 175 Å². The van der Waals surface area contributed by atoms with E-state index in [9.17, 15) is 0 Å². The van der Waals surface area contributed by atoms with Gasteiger partial charge in [0.2, 0.25) is 0 Å². The normalized spacial score (nSPS) is 17.3. The van der Waals surface area contributed by atoms with Gasteiger partial charge in [0.25, 0.3) is 5.78 Å². The molecule has 0 spiro atoms. The van der Waals surface area contributed by atoms with E-state index in [2.05, 4.69) is 55.6 Å². The number of rotatable bonds is 6. The summed E-state index contributed by atoms with van der Waals surface area (Å²) in [4.78, 5) is 11.4. The lowest BCUT2D eigenvalue weighted by atomic mass is 10.1. The number of hydrogen-bond donors (Lipinski definition) is 1. The Balaban J connectivity index is 1.29. The summed E-state index contributed by atoms with van der Waals surface area (Å²) >= 11 is 0. The average molecular weight is 400 g/mol. The molecule has 30 heavy (non-hydrogen) atoms. The largest absolute Gasteiger partial charge is 0.374 e. The molecule has 1 aliphatic rings. The third kappa shape index (κ3) is 4.17. The summed E-state index contributed by atoms with van der Waals surface area (Å²) in [7, 11) is 0. The molecule has 0 aliphatic carbocycles. The lowest BCUT2D eigenvalue weighted by Crippen LogP contribution is -2.44. The van der Waals surface area contributed by atoms with Gasteiger partial charge in [0.05, 0.1) is 18.4 Å². The SMILES string of the molecule is c1ccc(CN2CCOC(CNc3cc(-c4ccccc4)nc4ncnn34)C2)cc1. The molecule has 7 nitrogen and oxygen atoms in total. The Hall–Kier alpha value is -3.29. The minimum Gasteiger partial charge on any atom is -0.374 e. The van der Waals surface area contributed by atoms with Crippen molar-refractivity contribution in [3.63, 3.8) is 0 Å². The fourth-order valence-electron chi connectivity index (χ4n) is 3.80. The minimum absolute atomic E-state index is 0.106. The predicted molar refractivity (Wildman–Crippen MR) is 116 cm³/mol. The van der Waals surface area contributed by atoms with E-state index in [-0.39, 0.29) is 6.10 Å². The third-order valence-electron chi connectivity index (χ3n) is 5.30. The number of aromatic nitrogens is 4. The van der Waals surface area contributed by atoms with Gasteiger partial charge in [0.15, 0.2) is 0 Å². The van der Waals surface area contributed by atoms with Crippen LogP contribution in [0.4, 0.5) is 5.82 Å². The third-order valence-corrected chi connectivity index (χ3v) is 5.30. The van der Waals surface area contributed by atoms with Gasteiger partial charge in [-0.05, 0) is 5.56 Å². The van der Waals surface area contributed by atoms with Crippen LogP contribution in [0, 0.1) is 0 Å². The maximum atomic E-state index is 6.01. The molecule has 5 rings (SSSR count). The Morgan fingerprint density at radius 3 is 2.67 bits per heavy atom. The summed E-state index contributed by atoms with van der Waals surface area (Å²) in [6.07, 6.45) is 1.63. The van der Waals surface area contributed by atoms with Gasteiger partial charge in [0, 0.05) is 37.8 Å². The first-order valence-electron chi connectivity index (χ1n) is 10.2. The molecular formula is C23H24N6O. The zero-order chi connectivity index (χ0) is 20.2. The highest BCUT2D eigenvalue weighted by Crippen LogP contribution is 2.21. The molecule has 1 aliphatic heterocycles. The lowest BCUT2D eigenvalue weighted by molar-refractivity contribution is -0.0240. The summed E-state index contributed by atoms with van der Waals surface area (Å²) < 4.78 is 7.74. The van der Waals surface area contributed by atoms with Crippen LogP contribution in [0.5, 0.6) is 0 Å². The van der Waals surface area contributed by atoms with Crippen LogP contribution in [0.25, 0.3) is 17.0 Å². The van der Waals surface area contributed by atoms with Crippen molar-refractivity contribution >= 4 is 11.6 Å². The monoisotopic (exact) mass is 400 g/mol. The number of anilines is 1. The maximum absolute atomic E-state index is 6.01. The van der Waals surface area contributed by atoms with Crippen LogP contribution in [0.1, 0.15) is 5.56 Å². The van der Waals surface area contributed by atoms with Crippen LogP contribution in [0.15, 0.2) is 73.1 Å². The molecular weight excluding hydrogens is 376 g/mol. The number of hydrogen-bond acceptors (Lipinski definition) is 6.